The number of carbonyl (C=O) groups excluding carboxylic acids is 1. The predicted octanol–water partition coefficient (Wildman–Crippen LogP) is 2.45. The van der Waals surface area contributed by atoms with Crippen LogP contribution in [0.2, 0.25) is 0 Å². The lowest BCUT2D eigenvalue weighted by Crippen LogP contribution is -2.47. The molecule has 0 saturated carbocycles. The quantitative estimate of drug-likeness (QED) is 0.854. The van der Waals surface area contributed by atoms with E-state index in [9.17, 15) is 9.18 Å². The number of rotatable bonds is 3. The summed E-state index contributed by atoms with van der Waals surface area (Å²) < 4.78 is 13.7. The maximum Gasteiger partial charge on any atom is 0.227 e. The molecular formula is C17H23FN2O. The van der Waals surface area contributed by atoms with Gasteiger partial charge in [-0.2, -0.15) is 0 Å². The van der Waals surface area contributed by atoms with Gasteiger partial charge in [-0.25, -0.2) is 4.39 Å². The van der Waals surface area contributed by atoms with Crippen molar-refractivity contribution in [1.82, 2.24) is 9.80 Å². The van der Waals surface area contributed by atoms with Gasteiger partial charge in [0, 0.05) is 18.6 Å². The first-order valence-corrected chi connectivity index (χ1v) is 7.90. The van der Waals surface area contributed by atoms with Crippen LogP contribution in [0.1, 0.15) is 31.2 Å². The zero-order valence-electron chi connectivity index (χ0n) is 12.6. The number of likely N-dealkylation sites (N-methyl/N-ethyl adjacent to an activating group) is 1. The van der Waals surface area contributed by atoms with Gasteiger partial charge >= 0.3 is 0 Å². The highest BCUT2D eigenvalue weighted by Crippen LogP contribution is 2.29. The standard InChI is InChI=1S/C17H23FN2O/c1-19-10-4-8-15(19)16-9-5-11-20(16)17(21)12-13-6-2-3-7-14(13)18/h2-3,6-7,15-16H,4-5,8-12H2,1H3/t15-,16+/m1/s1. The Balaban J connectivity index is 1.70. The molecule has 3 nitrogen and oxygen atoms in total. The Kier molecular flexibility index (Phi) is 4.24. The molecule has 0 radical (unpaired) electrons. The minimum Gasteiger partial charge on any atom is -0.338 e. The van der Waals surface area contributed by atoms with E-state index < -0.39 is 0 Å². The number of halogens is 1. The van der Waals surface area contributed by atoms with Crippen molar-refractivity contribution in [2.45, 2.75) is 44.2 Å². The minimum absolute atomic E-state index is 0.0721. The van der Waals surface area contributed by atoms with E-state index in [0.29, 0.717) is 17.6 Å². The molecule has 0 unspecified atom stereocenters. The number of benzene rings is 1. The van der Waals surface area contributed by atoms with Crippen molar-refractivity contribution in [2.75, 3.05) is 20.1 Å². The zero-order chi connectivity index (χ0) is 14.8. The summed E-state index contributed by atoms with van der Waals surface area (Å²) >= 11 is 0. The van der Waals surface area contributed by atoms with Gasteiger partial charge in [-0.05, 0) is 50.9 Å². The molecule has 0 aromatic heterocycles. The first kappa shape index (κ1) is 14.5. The lowest BCUT2D eigenvalue weighted by atomic mass is 10.0. The van der Waals surface area contributed by atoms with Crippen LogP contribution >= 0.6 is 0 Å². The van der Waals surface area contributed by atoms with Crippen molar-refractivity contribution < 1.29 is 9.18 Å². The molecule has 21 heavy (non-hydrogen) atoms. The Morgan fingerprint density at radius 2 is 1.90 bits per heavy atom. The molecule has 0 N–H and O–H groups in total. The van der Waals surface area contributed by atoms with Gasteiger partial charge in [-0.15, -0.1) is 0 Å². The van der Waals surface area contributed by atoms with Gasteiger partial charge in [-0.1, -0.05) is 18.2 Å². The van der Waals surface area contributed by atoms with Crippen LogP contribution in [0.4, 0.5) is 4.39 Å². The van der Waals surface area contributed by atoms with Gasteiger partial charge in [-0.3, -0.25) is 4.79 Å². The van der Waals surface area contributed by atoms with Crippen LogP contribution in [0.25, 0.3) is 0 Å². The lowest BCUT2D eigenvalue weighted by molar-refractivity contribution is -0.132. The van der Waals surface area contributed by atoms with Crippen molar-refractivity contribution in [1.29, 1.82) is 0 Å². The van der Waals surface area contributed by atoms with Gasteiger partial charge in [0.25, 0.3) is 0 Å². The third kappa shape index (κ3) is 2.95. The van der Waals surface area contributed by atoms with Crippen LogP contribution in [0.5, 0.6) is 0 Å². The van der Waals surface area contributed by atoms with E-state index in [-0.39, 0.29) is 18.1 Å². The fourth-order valence-corrected chi connectivity index (χ4v) is 3.83. The smallest absolute Gasteiger partial charge is 0.227 e. The molecule has 1 aromatic rings. The molecule has 1 amide bonds. The Morgan fingerprint density at radius 1 is 1.19 bits per heavy atom. The molecule has 3 rings (SSSR count). The van der Waals surface area contributed by atoms with Crippen LogP contribution < -0.4 is 0 Å². The Labute approximate surface area is 125 Å². The van der Waals surface area contributed by atoms with E-state index in [1.165, 1.54) is 18.9 Å². The number of hydrogen-bond donors (Lipinski definition) is 0. The van der Waals surface area contributed by atoms with E-state index in [1.54, 1.807) is 18.2 Å². The molecule has 2 atom stereocenters. The van der Waals surface area contributed by atoms with Gasteiger partial charge in [0.05, 0.1) is 6.42 Å². The number of hydrogen-bond acceptors (Lipinski definition) is 2. The van der Waals surface area contributed by atoms with Crippen molar-refractivity contribution in [3.05, 3.63) is 35.6 Å². The highest BCUT2D eigenvalue weighted by molar-refractivity contribution is 5.79. The molecule has 2 aliphatic rings. The van der Waals surface area contributed by atoms with Gasteiger partial charge in [0.15, 0.2) is 0 Å². The number of amides is 1. The van der Waals surface area contributed by atoms with Crippen molar-refractivity contribution in [2.24, 2.45) is 0 Å². The molecule has 1 aromatic carbocycles. The fraction of sp³-hybridized carbons (Fsp3) is 0.588. The Morgan fingerprint density at radius 3 is 2.62 bits per heavy atom. The summed E-state index contributed by atoms with van der Waals surface area (Å²) in [5.41, 5.74) is 0.507. The summed E-state index contributed by atoms with van der Waals surface area (Å²) in [4.78, 5) is 17.0. The first-order chi connectivity index (χ1) is 10.2. The number of nitrogens with zero attached hydrogens (tertiary/aromatic N) is 2. The average molecular weight is 290 g/mol. The van der Waals surface area contributed by atoms with Crippen LogP contribution in [0.15, 0.2) is 24.3 Å². The molecule has 2 aliphatic heterocycles. The normalized spacial score (nSPS) is 26.5. The molecule has 0 bridgehead atoms. The zero-order valence-corrected chi connectivity index (χ0v) is 12.6. The molecule has 4 heteroatoms. The van der Waals surface area contributed by atoms with E-state index in [4.69, 9.17) is 0 Å². The van der Waals surface area contributed by atoms with E-state index in [0.717, 1.165) is 25.9 Å². The van der Waals surface area contributed by atoms with Gasteiger partial charge < -0.3 is 9.80 Å². The summed E-state index contributed by atoms with van der Waals surface area (Å²) in [6, 6.07) is 7.39. The first-order valence-electron chi connectivity index (χ1n) is 7.90. The van der Waals surface area contributed by atoms with Crippen LogP contribution in [0.3, 0.4) is 0 Å². The van der Waals surface area contributed by atoms with E-state index in [1.807, 2.05) is 4.90 Å². The maximum atomic E-state index is 13.7. The second-order valence-electron chi connectivity index (χ2n) is 6.26. The van der Waals surface area contributed by atoms with Crippen molar-refractivity contribution in [3.8, 4) is 0 Å². The minimum atomic E-state index is -0.278. The molecule has 0 spiro atoms. The lowest BCUT2D eigenvalue weighted by Gasteiger charge is -2.33. The summed E-state index contributed by atoms with van der Waals surface area (Å²) in [7, 11) is 2.15. The Bertz CT molecular complexity index is 519. The largest absolute Gasteiger partial charge is 0.338 e. The van der Waals surface area contributed by atoms with E-state index in [2.05, 4.69) is 11.9 Å². The highest BCUT2D eigenvalue weighted by atomic mass is 19.1. The SMILES string of the molecule is CN1CCC[C@@H]1[C@@H]1CCCN1C(=O)Cc1ccccc1F. The van der Waals surface area contributed by atoms with E-state index >= 15 is 0 Å². The summed E-state index contributed by atoms with van der Waals surface area (Å²) in [6.45, 7) is 1.94. The molecule has 114 valence electrons. The second-order valence-corrected chi connectivity index (χ2v) is 6.26. The average Bonchev–Trinajstić information content (AvgIpc) is 3.09. The monoisotopic (exact) mass is 290 g/mol. The molecule has 2 heterocycles. The fourth-order valence-electron chi connectivity index (χ4n) is 3.83. The maximum absolute atomic E-state index is 13.7. The topological polar surface area (TPSA) is 23.6 Å². The van der Waals surface area contributed by atoms with Crippen LogP contribution in [0, 0.1) is 5.82 Å². The predicted molar refractivity (Wildman–Crippen MR) is 80.5 cm³/mol. The third-order valence-corrected chi connectivity index (χ3v) is 4.94. The van der Waals surface area contributed by atoms with Crippen molar-refractivity contribution in [3.63, 3.8) is 0 Å². The van der Waals surface area contributed by atoms with Gasteiger partial charge in [0.1, 0.15) is 5.82 Å². The third-order valence-electron chi connectivity index (χ3n) is 4.94. The van der Waals surface area contributed by atoms with Crippen LogP contribution in [-0.2, 0) is 11.2 Å². The second kappa shape index (κ2) is 6.14. The number of carbonyl (C=O) groups is 1. The number of likely N-dealkylation sites (tertiary alicyclic amines) is 2. The summed E-state index contributed by atoms with van der Waals surface area (Å²) in [5.74, 6) is -0.206. The highest BCUT2D eigenvalue weighted by Gasteiger charge is 2.38. The van der Waals surface area contributed by atoms with Crippen molar-refractivity contribution >= 4 is 5.91 Å². The van der Waals surface area contributed by atoms with Crippen LogP contribution in [-0.4, -0.2) is 47.9 Å². The summed E-state index contributed by atoms with van der Waals surface area (Å²) in [6.07, 6.45) is 4.72. The molecule has 2 fully saturated rings. The summed E-state index contributed by atoms with van der Waals surface area (Å²) in [5, 5.41) is 0. The van der Waals surface area contributed by atoms with Gasteiger partial charge in [0.2, 0.25) is 5.91 Å². The molecule has 0 aliphatic carbocycles. The Hall–Kier alpha value is -1.42. The molecular weight excluding hydrogens is 267 g/mol. The molecule has 2 saturated heterocycles.